The second-order valence-electron chi connectivity index (χ2n) is 4.56. The van der Waals surface area contributed by atoms with E-state index in [4.69, 9.17) is 9.47 Å². The van der Waals surface area contributed by atoms with Gasteiger partial charge in [-0.3, -0.25) is 0 Å². The monoisotopic (exact) mass is 271 g/mol. The average molecular weight is 271 g/mol. The van der Waals surface area contributed by atoms with Crippen LogP contribution in [0.25, 0.3) is 21.5 Å². The Morgan fingerprint density at radius 2 is 1.50 bits per heavy atom. The topological polar surface area (TPSA) is 58.9 Å². The Balaban J connectivity index is 2.49. The van der Waals surface area contributed by atoms with Crippen LogP contribution in [0.4, 0.5) is 0 Å². The van der Waals surface area contributed by atoms with E-state index in [0.717, 1.165) is 21.5 Å². The van der Waals surface area contributed by atoms with Gasteiger partial charge < -0.3 is 19.7 Å². The summed E-state index contributed by atoms with van der Waals surface area (Å²) in [5, 5.41) is 22.8. The molecule has 102 valence electrons. The Labute approximate surface area is 115 Å². The Hall–Kier alpha value is -2.62. The molecule has 4 nitrogen and oxygen atoms in total. The zero-order valence-corrected chi connectivity index (χ0v) is 11.2. The first-order chi connectivity index (χ1) is 9.63. The van der Waals surface area contributed by atoms with Gasteiger partial charge >= 0.3 is 0 Å². The van der Waals surface area contributed by atoms with E-state index >= 15 is 0 Å². The molecule has 0 radical (unpaired) electrons. The summed E-state index contributed by atoms with van der Waals surface area (Å²) in [6.07, 6.45) is 0. The van der Waals surface area contributed by atoms with Crippen LogP contribution in [0.15, 0.2) is 36.4 Å². The van der Waals surface area contributed by atoms with Crippen LogP contribution in [-0.2, 0) is 0 Å². The van der Waals surface area contributed by atoms with Crippen molar-refractivity contribution in [1.29, 1.82) is 0 Å². The maximum Gasteiger partial charge on any atom is 0.158 e. The van der Waals surface area contributed by atoms with Gasteiger partial charge in [-0.1, -0.05) is 12.1 Å². The molecule has 4 heteroatoms. The van der Waals surface area contributed by atoms with Crippen molar-refractivity contribution in [2.45, 2.75) is 0 Å². The van der Waals surface area contributed by atoms with Crippen LogP contribution >= 0.6 is 0 Å². The molecule has 20 heavy (non-hydrogen) atoms. The lowest BCUT2D eigenvalue weighted by atomic mass is 10.0. The SMILES string of the molecule is COc1cc(OC)c2c(ccc3cc(O)c(O)cc32)[13cH]1. The molecule has 0 saturated carbocycles. The van der Waals surface area contributed by atoms with E-state index in [1.54, 1.807) is 26.4 Å². The highest BCUT2D eigenvalue weighted by Crippen LogP contribution is 2.39. The van der Waals surface area contributed by atoms with Gasteiger partial charge in [0.15, 0.2) is 11.5 Å². The number of phenolic OH excluding ortho intramolecular Hbond substituents is 2. The minimum absolute atomic E-state index is 0.135. The molecule has 0 aromatic heterocycles. The first-order valence-electron chi connectivity index (χ1n) is 6.14. The molecule has 0 atom stereocenters. The zero-order chi connectivity index (χ0) is 14.3. The summed E-state index contributed by atoms with van der Waals surface area (Å²) < 4.78 is 10.7. The van der Waals surface area contributed by atoms with Gasteiger partial charge in [0, 0.05) is 11.5 Å². The Bertz CT molecular complexity index is 809. The average Bonchev–Trinajstić information content (AvgIpc) is 2.47. The van der Waals surface area contributed by atoms with Crippen molar-refractivity contribution < 1.29 is 19.7 Å². The maximum atomic E-state index is 9.73. The lowest BCUT2D eigenvalue weighted by Gasteiger charge is -2.12. The fourth-order valence-electron chi connectivity index (χ4n) is 2.44. The molecule has 0 spiro atoms. The van der Waals surface area contributed by atoms with Crippen molar-refractivity contribution in [2.75, 3.05) is 14.2 Å². The first kappa shape index (κ1) is 12.4. The normalized spacial score (nSPS) is 10.9. The molecule has 0 amide bonds. The van der Waals surface area contributed by atoms with Crippen LogP contribution in [-0.4, -0.2) is 24.4 Å². The van der Waals surface area contributed by atoms with Gasteiger partial charge in [0.25, 0.3) is 0 Å². The summed E-state index contributed by atoms with van der Waals surface area (Å²) in [5.74, 6) is 1.08. The third kappa shape index (κ3) is 1.77. The van der Waals surface area contributed by atoms with Crippen molar-refractivity contribution >= 4 is 21.5 Å². The van der Waals surface area contributed by atoms with Gasteiger partial charge in [-0.05, 0) is 34.4 Å². The zero-order valence-electron chi connectivity index (χ0n) is 11.2. The van der Waals surface area contributed by atoms with Gasteiger partial charge in [-0.25, -0.2) is 0 Å². The van der Waals surface area contributed by atoms with Crippen LogP contribution in [0.3, 0.4) is 0 Å². The molecule has 3 aromatic carbocycles. The molecule has 2 N–H and O–H groups in total. The second kappa shape index (κ2) is 4.49. The number of hydrogen-bond donors (Lipinski definition) is 2. The molecule has 0 unspecified atom stereocenters. The van der Waals surface area contributed by atoms with Crippen molar-refractivity contribution in [3.8, 4) is 23.0 Å². The molecular weight excluding hydrogens is 257 g/mol. The standard InChI is InChI=1S/C16H14O4/c1-19-11-5-10-4-3-9-6-13(17)14(18)8-12(9)16(10)15(7-11)20-2/h3-8,17-18H,1-2H3/i5+1. The predicted molar refractivity (Wildman–Crippen MR) is 77.9 cm³/mol. The number of aromatic hydroxyl groups is 2. The van der Waals surface area contributed by atoms with E-state index in [1.807, 2.05) is 18.2 Å². The van der Waals surface area contributed by atoms with Crippen LogP contribution in [0, 0.1) is 0 Å². The quantitative estimate of drug-likeness (QED) is 0.554. The van der Waals surface area contributed by atoms with Gasteiger partial charge in [0.2, 0.25) is 0 Å². The van der Waals surface area contributed by atoms with E-state index < -0.39 is 0 Å². The van der Waals surface area contributed by atoms with E-state index in [-0.39, 0.29) is 11.5 Å². The lowest BCUT2D eigenvalue weighted by molar-refractivity contribution is 0.398. The minimum Gasteiger partial charge on any atom is -0.504 e. The first-order valence-corrected chi connectivity index (χ1v) is 6.14. The molecule has 0 heterocycles. The van der Waals surface area contributed by atoms with E-state index in [9.17, 15) is 10.2 Å². The van der Waals surface area contributed by atoms with Gasteiger partial charge in [0.05, 0.1) is 14.2 Å². The molecule has 3 aromatic rings. The Morgan fingerprint density at radius 3 is 2.20 bits per heavy atom. The predicted octanol–water partition coefficient (Wildman–Crippen LogP) is 3.42. The van der Waals surface area contributed by atoms with Crippen molar-refractivity contribution in [1.82, 2.24) is 0 Å². The summed E-state index contributed by atoms with van der Waals surface area (Å²) in [6, 6.07) is 10.6. The van der Waals surface area contributed by atoms with Gasteiger partial charge in [-0.2, -0.15) is 0 Å². The summed E-state index contributed by atoms with van der Waals surface area (Å²) >= 11 is 0. The third-order valence-corrected chi connectivity index (χ3v) is 3.42. The Morgan fingerprint density at radius 1 is 0.800 bits per heavy atom. The van der Waals surface area contributed by atoms with E-state index in [2.05, 4.69) is 0 Å². The third-order valence-electron chi connectivity index (χ3n) is 3.42. The highest BCUT2D eigenvalue weighted by Gasteiger charge is 2.11. The minimum atomic E-state index is -0.150. The highest BCUT2D eigenvalue weighted by molar-refractivity contribution is 6.11. The van der Waals surface area contributed by atoms with E-state index in [1.165, 1.54) is 6.07 Å². The molecule has 0 aliphatic heterocycles. The number of fused-ring (bicyclic) bond motifs is 3. The van der Waals surface area contributed by atoms with Crippen LogP contribution < -0.4 is 9.47 Å². The van der Waals surface area contributed by atoms with Crippen molar-refractivity contribution in [3.05, 3.63) is 36.4 Å². The molecule has 3 rings (SSSR count). The summed E-state index contributed by atoms with van der Waals surface area (Å²) in [4.78, 5) is 0. The fraction of sp³-hybridized carbons (Fsp3) is 0.125. The largest absolute Gasteiger partial charge is 0.504 e. The second-order valence-corrected chi connectivity index (χ2v) is 4.56. The number of ether oxygens (including phenoxy) is 2. The van der Waals surface area contributed by atoms with Gasteiger partial charge in [-0.15, -0.1) is 0 Å². The fourth-order valence-corrected chi connectivity index (χ4v) is 2.44. The molecule has 0 aliphatic carbocycles. The highest BCUT2D eigenvalue weighted by atomic mass is 16.5. The number of methoxy groups -OCH3 is 2. The van der Waals surface area contributed by atoms with Crippen LogP contribution in [0.5, 0.6) is 23.0 Å². The smallest absolute Gasteiger partial charge is 0.158 e. The van der Waals surface area contributed by atoms with Crippen LogP contribution in [0.1, 0.15) is 0 Å². The summed E-state index contributed by atoms with van der Waals surface area (Å²) in [5.41, 5.74) is 0. The van der Waals surface area contributed by atoms with Gasteiger partial charge in [0.1, 0.15) is 11.5 Å². The van der Waals surface area contributed by atoms with Crippen molar-refractivity contribution in [3.63, 3.8) is 0 Å². The summed E-state index contributed by atoms with van der Waals surface area (Å²) in [6.45, 7) is 0. The molecule has 0 aliphatic rings. The maximum absolute atomic E-state index is 9.73. The number of benzene rings is 3. The molecule has 0 fully saturated rings. The molecular formula is C16H14O4. The number of hydrogen-bond acceptors (Lipinski definition) is 4. The molecule has 0 saturated heterocycles. The van der Waals surface area contributed by atoms with Crippen molar-refractivity contribution in [2.24, 2.45) is 0 Å². The van der Waals surface area contributed by atoms with E-state index in [0.29, 0.717) is 11.5 Å². The lowest BCUT2D eigenvalue weighted by Crippen LogP contribution is -1.90. The Kier molecular flexibility index (Phi) is 2.79. The van der Waals surface area contributed by atoms with Crippen LogP contribution in [0.2, 0.25) is 0 Å². The summed E-state index contributed by atoms with van der Waals surface area (Å²) in [7, 11) is 3.19. The molecule has 0 bridgehead atoms. The number of phenols is 2. The number of rotatable bonds is 2.